The Kier molecular flexibility index (Phi) is 4.19. The number of nitrogen functional groups attached to an aromatic ring is 1. The van der Waals surface area contributed by atoms with E-state index in [0.29, 0.717) is 17.1 Å². The van der Waals surface area contributed by atoms with Crippen LogP contribution in [-0.4, -0.2) is 23.0 Å². The second-order valence-electron chi connectivity index (χ2n) is 4.35. The van der Waals surface area contributed by atoms with Crippen LogP contribution < -0.4 is 11.1 Å². The molecule has 2 aromatic rings. The highest BCUT2D eigenvalue weighted by atomic mass is 32.1. The van der Waals surface area contributed by atoms with Crippen molar-refractivity contribution in [2.75, 3.05) is 18.2 Å². The van der Waals surface area contributed by atoms with E-state index in [0.717, 1.165) is 10.7 Å². The van der Waals surface area contributed by atoms with Gasteiger partial charge >= 0.3 is 5.97 Å². The van der Waals surface area contributed by atoms with Gasteiger partial charge in [0, 0.05) is 11.1 Å². The van der Waals surface area contributed by atoms with Crippen LogP contribution in [0.15, 0.2) is 17.6 Å². The number of aromatic nitrogens is 2. The van der Waals surface area contributed by atoms with Crippen LogP contribution in [0.1, 0.15) is 34.0 Å². The van der Waals surface area contributed by atoms with E-state index in [1.54, 1.807) is 17.4 Å². The number of nitrogens with zero attached hydrogens (tertiary/aromatic N) is 2. The summed E-state index contributed by atoms with van der Waals surface area (Å²) in [6.07, 6.45) is 1.49. The zero-order valence-corrected chi connectivity index (χ0v) is 12.3. The second-order valence-corrected chi connectivity index (χ2v) is 5.24. The summed E-state index contributed by atoms with van der Waals surface area (Å²) in [6, 6.07) is 1.48. The van der Waals surface area contributed by atoms with Crippen LogP contribution in [0.2, 0.25) is 0 Å². The van der Waals surface area contributed by atoms with Gasteiger partial charge in [-0.1, -0.05) is 0 Å². The molecule has 0 saturated heterocycles. The third-order valence-electron chi connectivity index (χ3n) is 2.67. The molecule has 0 bridgehead atoms. The Hall–Kier alpha value is -2.15. The van der Waals surface area contributed by atoms with E-state index in [1.165, 1.54) is 13.3 Å². The monoisotopic (exact) mass is 292 g/mol. The van der Waals surface area contributed by atoms with Crippen molar-refractivity contribution in [3.8, 4) is 0 Å². The van der Waals surface area contributed by atoms with Crippen molar-refractivity contribution >= 4 is 28.8 Å². The minimum atomic E-state index is -0.477. The van der Waals surface area contributed by atoms with Crippen LogP contribution in [0.4, 0.5) is 11.5 Å². The molecule has 2 heterocycles. The molecular formula is C13H16N4O2S. The van der Waals surface area contributed by atoms with Gasteiger partial charge in [0.2, 0.25) is 0 Å². The molecule has 3 N–H and O–H groups in total. The van der Waals surface area contributed by atoms with Crippen molar-refractivity contribution in [3.05, 3.63) is 33.9 Å². The minimum Gasteiger partial charge on any atom is -0.465 e. The average molecular weight is 292 g/mol. The lowest BCUT2D eigenvalue weighted by Gasteiger charge is -2.14. The molecule has 2 rings (SSSR count). The molecule has 106 valence electrons. The average Bonchev–Trinajstić information content (AvgIpc) is 2.86. The summed E-state index contributed by atoms with van der Waals surface area (Å²) < 4.78 is 4.74. The number of carbonyl (C=O) groups is 1. The Labute approximate surface area is 121 Å². The van der Waals surface area contributed by atoms with Crippen molar-refractivity contribution < 1.29 is 9.53 Å². The smallest absolute Gasteiger partial charge is 0.341 e. The molecule has 6 nitrogen and oxygen atoms in total. The first kappa shape index (κ1) is 14.3. The number of hydrogen-bond donors (Lipinski definition) is 2. The van der Waals surface area contributed by atoms with Gasteiger partial charge in [-0.2, -0.15) is 0 Å². The van der Waals surface area contributed by atoms with Crippen molar-refractivity contribution in [1.29, 1.82) is 0 Å². The van der Waals surface area contributed by atoms with Gasteiger partial charge in [0.25, 0.3) is 0 Å². The molecule has 7 heteroatoms. The maximum absolute atomic E-state index is 11.7. The van der Waals surface area contributed by atoms with E-state index >= 15 is 0 Å². The summed E-state index contributed by atoms with van der Waals surface area (Å²) in [5.74, 6) is -0.0405. The number of hydrogen-bond acceptors (Lipinski definition) is 7. The number of esters is 1. The number of carbonyl (C=O) groups excluding carboxylic acids is 1. The van der Waals surface area contributed by atoms with Gasteiger partial charge in [0.05, 0.1) is 25.0 Å². The highest BCUT2D eigenvalue weighted by Crippen LogP contribution is 2.24. The predicted molar refractivity (Wildman–Crippen MR) is 78.9 cm³/mol. The summed E-state index contributed by atoms with van der Waals surface area (Å²) in [7, 11) is 1.32. The van der Waals surface area contributed by atoms with Gasteiger partial charge < -0.3 is 15.8 Å². The van der Waals surface area contributed by atoms with E-state index < -0.39 is 5.97 Å². The molecule has 0 spiro atoms. The summed E-state index contributed by atoms with van der Waals surface area (Å²) in [5.41, 5.74) is 7.35. The Morgan fingerprint density at radius 1 is 1.55 bits per heavy atom. The molecule has 1 atom stereocenters. The van der Waals surface area contributed by atoms with Crippen LogP contribution in [0.3, 0.4) is 0 Å². The lowest BCUT2D eigenvalue weighted by atomic mass is 10.2. The van der Waals surface area contributed by atoms with Gasteiger partial charge in [-0.25, -0.2) is 14.8 Å². The molecule has 0 aromatic carbocycles. The standard InChI is InChI=1S/C13H16N4O2S/c1-7-6-20-12(16-7)8(2)17-11-10(13(18)19-3)4-9(14)5-15-11/h4-6,8H,14H2,1-3H3,(H,15,17). The molecular weight excluding hydrogens is 276 g/mol. The Balaban J connectivity index is 2.26. The van der Waals surface area contributed by atoms with Crippen LogP contribution >= 0.6 is 11.3 Å². The van der Waals surface area contributed by atoms with E-state index in [2.05, 4.69) is 15.3 Å². The largest absolute Gasteiger partial charge is 0.465 e. The zero-order chi connectivity index (χ0) is 14.7. The fourth-order valence-corrected chi connectivity index (χ4v) is 2.50. The lowest BCUT2D eigenvalue weighted by molar-refractivity contribution is 0.0601. The normalized spacial score (nSPS) is 11.9. The summed E-state index contributed by atoms with van der Waals surface area (Å²) in [5, 5.41) is 6.07. The number of pyridine rings is 1. The molecule has 0 saturated carbocycles. The summed E-state index contributed by atoms with van der Waals surface area (Å²) in [4.78, 5) is 20.3. The van der Waals surface area contributed by atoms with Crippen molar-refractivity contribution in [1.82, 2.24) is 9.97 Å². The number of ether oxygens (including phenoxy) is 1. The third-order valence-corrected chi connectivity index (χ3v) is 3.82. The topological polar surface area (TPSA) is 90.1 Å². The van der Waals surface area contributed by atoms with Gasteiger partial charge in [-0.3, -0.25) is 0 Å². The fourth-order valence-electron chi connectivity index (χ4n) is 1.70. The summed E-state index contributed by atoms with van der Waals surface area (Å²) >= 11 is 1.56. The van der Waals surface area contributed by atoms with Crippen LogP contribution in [0, 0.1) is 6.92 Å². The van der Waals surface area contributed by atoms with Crippen LogP contribution in [0.25, 0.3) is 0 Å². The van der Waals surface area contributed by atoms with Crippen molar-refractivity contribution in [2.24, 2.45) is 0 Å². The lowest BCUT2D eigenvalue weighted by Crippen LogP contribution is -2.13. The Morgan fingerprint density at radius 3 is 2.90 bits per heavy atom. The first-order valence-corrected chi connectivity index (χ1v) is 6.91. The summed E-state index contributed by atoms with van der Waals surface area (Å²) in [6.45, 7) is 3.89. The Bertz CT molecular complexity index is 627. The molecule has 2 aromatic heterocycles. The van der Waals surface area contributed by atoms with E-state index in [-0.39, 0.29) is 6.04 Å². The second kappa shape index (κ2) is 5.87. The van der Waals surface area contributed by atoms with Gasteiger partial charge in [0.1, 0.15) is 16.4 Å². The number of anilines is 2. The molecule has 0 aliphatic carbocycles. The van der Waals surface area contributed by atoms with Gasteiger partial charge in [-0.15, -0.1) is 11.3 Å². The van der Waals surface area contributed by atoms with Gasteiger partial charge in [-0.05, 0) is 19.9 Å². The SMILES string of the molecule is COC(=O)c1cc(N)cnc1NC(C)c1nc(C)cs1. The van der Waals surface area contributed by atoms with Crippen LogP contribution in [-0.2, 0) is 4.74 Å². The first-order chi connectivity index (χ1) is 9.51. The highest BCUT2D eigenvalue weighted by Gasteiger charge is 2.17. The van der Waals surface area contributed by atoms with E-state index in [1.807, 2.05) is 19.2 Å². The quantitative estimate of drug-likeness (QED) is 0.841. The van der Waals surface area contributed by atoms with Crippen molar-refractivity contribution in [3.63, 3.8) is 0 Å². The van der Waals surface area contributed by atoms with E-state index in [4.69, 9.17) is 10.5 Å². The maximum Gasteiger partial charge on any atom is 0.341 e. The predicted octanol–water partition coefficient (Wildman–Crippen LogP) is 2.39. The zero-order valence-electron chi connectivity index (χ0n) is 11.5. The number of nitrogens with two attached hydrogens (primary N) is 1. The molecule has 0 aliphatic rings. The van der Waals surface area contributed by atoms with Crippen LogP contribution in [0.5, 0.6) is 0 Å². The van der Waals surface area contributed by atoms with Crippen molar-refractivity contribution in [2.45, 2.75) is 19.9 Å². The molecule has 0 fully saturated rings. The highest BCUT2D eigenvalue weighted by molar-refractivity contribution is 7.09. The molecule has 1 unspecified atom stereocenters. The Morgan fingerprint density at radius 2 is 2.30 bits per heavy atom. The first-order valence-electron chi connectivity index (χ1n) is 6.03. The maximum atomic E-state index is 11.7. The number of aryl methyl sites for hydroxylation is 1. The molecule has 0 amide bonds. The van der Waals surface area contributed by atoms with E-state index in [9.17, 15) is 4.79 Å². The number of methoxy groups -OCH3 is 1. The molecule has 0 aliphatic heterocycles. The minimum absolute atomic E-state index is 0.0618. The molecule has 20 heavy (non-hydrogen) atoms. The fraction of sp³-hybridized carbons (Fsp3) is 0.308. The number of nitrogens with one attached hydrogen (secondary N) is 1. The molecule has 0 radical (unpaired) electrons. The number of rotatable bonds is 4. The number of thiazole rings is 1. The third kappa shape index (κ3) is 3.05. The van der Waals surface area contributed by atoms with Gasteiger partial charge in [0.15, 0.2) is 0 Å².